The van der Waals surface area contributed by atoms with Crippen molar-refractivity contribution in [3.8, 4) is 0 Å². The molecule has 2 heterocycles. The lowest BCUT2D eigenvalue weighted by molar-refractivity contribution is -0.153. The smallest absolute Gasteiger partial charge is 0.321 e. The third-order valence-corrected chi connectivity index (χ3v) is 5.85. The number of hydrogen-bond donors (Lipinski definition) is 0. The molecule has 2 atom stereocenters. The number of para-hydroxylation sites is 2. The Morgan fingerprint density at radius 1 is 1.10 bits per heavy atom. The molecular formula is C25H29N3O3. The van der Waals surface area contributed by atoms with Gasteiger partial charge in [0.15, 0.2) is 5.92 Å². The number of hydrogen-bond acceptors (Lipinski definition) is 4. The van der Waals surface area contributed by atoms with Crippen LogP contribution in [0.1, 0.15) is 50.3 Å². The van der Waals surface area contributed by atoms with E-state index < -0.39 is 17.9 Å². The molecule has 0 aliphatic carbocycles. The maximum absolute atomic E-state index is 13.7. The van der Waals surface area contributed by atoms with Gasteiger partial charge in [-0.1, -0.05) is 61.7 Å². The number of rotatable bonds is 7. The summed E-state index contributed by atoms with van der Waals surface area (Å²) in [6.45, 7) is 6.67. The molecule has 0 radical (unpaired) electrons. The molecule has 1 aliphatic heterocycles. The second-order valence-electron chi connectivity index (χ2n) is 8.06. The average Bonchev–Trinajstić information content (AvgIpc) is 3.14. The number of amides is 1. The van der Waals surface area contributed by atoms with E-state index in [1.807, 2.05) is 55.5 Å². The zero-order chi connectivity index (χ0) is 22.0. The van der Waals surface area contributed by atoms with E-state index in [0.29, 0.717) is 12.5 Å². The Hall–Kier alpha value is -3.15. The van der Waals surface area contributed by atoms with Crippen molar-refractivity contribution in [2.75, 3.05) is 18.1 Å². The van der Waals surface area contributed by atoms with Crippen LogP contribution in [0, 0.1) is 12.8 Å². The van der Waals surface area contributed by atoms with Gasteiger partial charge < -0.3 is 9.30 Å². The van der Waals surface area contributed by atoms with Crippen LogP contribution in [0.4, 0.5) is 5.95 Å². The van der Waals surface area contributed by atoms with Gasteiger partial charge >= 0.3 is 5.97 Å². The fourth-order valence-corrected chi connectivity index (χ4v) is 4.43. The van der Waals surface area contributed by atoms with Crippen molar-refractivity contribution < 1.29 is 14.3 Å². The van der Waals surface area contributed by atoms with Crippen molar-refractivity contribution in [3.63, 3.8) is 0 Å². The minimum Gasteiger partial charge on any atom is -0.465 e. The lowest BCUT2D eigenvalue weighted by atomic mass is 9.88. The first-order valence-electron chi connectivity index (χ1n) is 11.1. The van der Waals surface area contributed by atoms with Crippen LogP contribution in [0.5, 0.6) is 0 Å². The van der Waals surface area contributed by atoms with Crippen molar-refractivity contribution in [2.24, 2.45) is 5.92 Å². The van der Waals surface area contributed by atoms with Crippen LogP contribution in [-0.4, -0.2) is 34.6 Å². The molecule has 0 N–H and O–H groups in total. The fraction of sp³-hybridized carbons (Fsp3) is 0.400. The maximum atomic E-state index is 13.7. The van der Waals surface area contributed by atoms with Gasteiger partial charge in [-0.15, -0.1) is 0 Å². The minimum absolute atomic E-state index is 0.233. The molecule has 2 aromatic carbocycles. The van der Waals surface area contributed by atoms with Crippen molar-refractivity contribution in [1.29, 1.82) is 0 Å². The van der Waals surface area contributed by atoms with Gasteiger partial charge in [0.05, 0.1) is 23.7 Å². The van der Waals surface area contributed by atoms with Gasteiger partial charge in [0.2, 0.25) is 11.9 Å². The van der Waals surface area contributed by atoms with Crippen LogP contribution >= 0.6 is 0 Å². The van der Waals surface area contributed by atoms with Gasteiger partial charge in [-0.25, -0.2) is 4.98 Å². The molecule has 0 fully saturated rings. The Morgan fingerprint density at radius 3 is 2.65 bits per heavy atom. The third kappa shape index (κ3) is 3.82. The summed E-state index contributed by atoms with van der Waals surface area (Å²) in [6.07, 6.45) is 2.91. The van der Waals surface area contributed by atoms with Gasteiger partial charge in [-0.3, -0.25) is 14.5 Å². The monoisotopic (exact) mass is 419 g/mol. The minimum atomic E-state index is -0.950. The number of aromatic nitrogens is 2. The Bertz CT molecular complexity index is 1100. The summed E-state index contributed by atoms with van der Waals surface area (Å²) in [5, 5.41) is 0. The predicted octanol–water partition coefficient (Wildman–Crippen LogP) is 4.65. The number of benzene rings is 2. The molecule has 2 unspecified atom stereocenters. The molecule has 1 aliphatic rings. The van der Waals surface area contributed by atoms with Crippen LogP contribution in [0.2, 0.25) is 0 Å². The average molecular weight is 420 g/mol. The molecule has 0 bridgehead atoms. The lowest BCUT2D eigenvalue weighted by Gasteiger charge is -2.38. The molecule has 1 amide bonds. The van der Waals surface area contributed by atoms with Crippen LogP contribution in [0.15, 0.2) is 48.5 Å². The number of fused-ring (bicyclic) bond motifs is 3. The van der Waals surface area contributed by atoms with Crippen molar-refractivity contribution in [2.45, 2.75) is 46.1 Å². The van der Waals surface area contributed by atoms with E-state index in [-0.39, 0.29) is 12.5 Å². The molecule has 1 aromatic heterocycles. The van der Waals surface area contributed by atoms with E-state index >= 15 is 0 Å². The van der Waals surface area contributed by atoms with Crippen molar-refractivity contribution >= 4 is 28.9 Å². The van der Waals surface area contributed by atoms with Gasteiger partial charge in [-0.2, -0.15) is 0 Å². The first-order valence-corrected chi connectivity index (χ1v) is 11.1. The summed E-state index contributed by atoms with van der Waals surface area (Å²) in [5.41, 5.74) is 3.70. The topological polar surface area (TPSA) is 64.4 Å². The molecule has 31 heavy (non-hydrogen) atoms. The number of anilines is 1. The van der Waals surface area contributed by atoms with Gasteiger partial charge in [0.1, 0.15) is 0 Å². The van der Waals surface area contributed by atoms with Crippen molar-refractivity contribution in [3.05, 3.63) is 59.7 Å². The summed E-state index contributed by atoms with van der Waals surface area (Å²) in [7, 11) is 0. The molecule has 6 heteroatoms. The number of esters is 1. The number of aryl methyl sites for hydroxylation is 1. The predicted molar refractivity (Wildman–Crippen MR) is 121 cm³/mol. The molecule has 0 saturated carbocycles. The van der Waals surface area contributed by atoms with Crippen LogP contribution in [-0.2, 0) is 14.3 Å². The fourth-order valence-electron chi connectivity index (χ4n) is 4.43. The Morgan fingerprint density at radius 2 is 1.90 bits per heavy atom. The SMILES string of the molecule is CCCCCN1C(=O)C(C(=O)OCC)C(c2cccc(C)c2)n2c1nc1ccccc12. The summed E-state index contributed by atoms with van der Waals surface area (Å²) in [5.74, 6) is -1.06. The van der Waals surface area contributed by atoms with Crippen LogP contribution < -0.4 is 4.90 Å². The van der Waals surface area contributed by atoms with Crippen LogP contribution in [0.25, 0.3) is 11.0 Å². The highest BCUT2D eigenvalue weighted by Gasteiger charge is 2.47. The highest BCUT2D eigenvalue weighted by atomic mass is 16.5. The lowest BCUT2D eigenvalue weighted by Crippen LogP contribution is -2.50. The van der Waals surface area contributed by atoms with E-state index in [2.05, 4.69) is 11.5 Å². The highest BCUT2D eigenvalue weighted by Crippen LogP contribution is 2.41. The molecule has 3 aromatic rings. The third-order valence-electron chi connectivity index (χ3n) is 5.85. The number of ether oxygens (including phenoxy) is 1. The Kier molecular flexibility index (Phi) is 6.07. The standard InChI is InChI=1S/C25H29N3O3/c1-4-6-9-15-27-23(29)21(24(30)31-5-2)22(18-12-10-11-17(3)16-18)28-20-14-8-7-13-19(20)26-25(27)28/h7-8,10-14,16,21-22H,4-6,9,15H2,1-3H3. The maximum Gasteiger partial charge on any atom is 0.321 e. The summed E-state index contributed by atoms with van der Waals surface area (Å²) in [6, 6.07) is 15.3. The van der Waals surface area contributed by atoms with E-state index in [1.165, 1.54) is 0 Å². The summed E-state index contributed by atoms with van der Waals surface area (Å²) in [4.78, 5) is 33.3. The van der Waals surface area contributed by atoms with Gasteiger partial charge in [-0.05, 0) is 38.0 Å². The first-order chi connectivity index (χ1) is 15.1. The molecule has 4 rings (SSSR count). The number of nitrogens with zero attached hydrogens (tertiary/aromatic N) is 3. The quantitative estimate of drug-likeness (QED) is 0.318. The second kappa shape index (κ2) is 8.92. The van der Waals surface area contributed by atoms with Gasteiger partial charge in [0, 0.05) is 6.54 Å². The Balaban J connectivity index is 1.94. The summed E-state index contributed by atoms with van der Waals surface area (Å²) < 4.78 is 7.45. The van der Waals surface area contributed by atoms with Crippen LogP contribution in [0.3, 0.4) is 0 Å². The van der Waals surface area contributed by atoms with E-state index in [0.717, 1.165) is 41.4 Å². The van der Waals surface area contributed by atoms with Crippen molar-refractivity contribution in [1.82, 2.24) is 9.55 Å². The zero-order valence-corrected chi connectivity index (χ0v) is 18.4. The zero-order valence-electron chi connectivity index (χ0n) is 18.4. The number of unbranched alkanes of at least 4 members (excludes halogenated alkanes) is 2. The Labute approximate surface area is 182 Å². The first kappa shape index (κ1) is 21.1. The van der Waals surface area contributed by atoms with E-state index in [4.69, 9.17) is 9.72 Å². The number of carbonyl (C=O) groups is 2. The van der Waals surface area contributed by atoms with E-state index in [1.54, 1.807) is 11.8 Å². The van der Waals surface area contributed by atoms with E-state index in [9.17, 15) is 9.59 Å². The molecule has 0 saturated heterocycles. The second-order valence-corrected chi connectivity index (χ2v) is 8.06. The largest absolute Gasteiger partial charge is 0.465 e. The molecule has 6 nitrogen and oxygen atoms in total. The van der Waals surface area contributed by atoms with Gasteiger partial charge in [0.25, 0.3) is 0 Å². The molecular weight excluding hydrogens is 390 g/mol. The normalized spacial score (nSPS) is 18.3. The molecule has 0 spiro atoms. The number of imidazole rings is 1. The summed E-state index contributed by atoms with van der Waals surface area (Å²) >= 11 is 0. The highest BCUT2D eigenvalue weighted by molar-refractivity contribution is 6.08. The number of carbonyl (C=O) groups excluding carboxylic acids is 2. The molecule has 162 valence electrons.